The Morgan fingerprint density at radius 2 is 1.75 bits per heavy atom. The van der Waals surface area contributed by atoms with Crippen LogP contribution in [0.1, 0.15) is 12.0 Å². The van der Waals surface area contributed by atoms with Gasteiger partial charge in [0.2, 0.25) is 5.91 Å². The van der Waals surface area contributed by atoms with Crippen molar-refractivity contribution in [1.82, 2.24) is 4.90 Å². The number of nitrogens with zero attached hydrogens (tertiary/aromatic N) is 2. The summed E-state index contributed by atoms with van der Waals surface area (Å²) in [5.74, 6) is 0.941. The van der Waals surface area contributed by atoms with Gasteiger partial charge in [-0.3, -0.25) is 14.5 Å². The number of imide groups is 1. The quantitative estimate of drug-likeness (QED) is 0.666. The number of methoxy groups -OCH3 is 2. The first-order chi connectivity index (χ1) is 13.4. The summed E-state index contributed by atoms with van der Waals surface area (Å²) in [6, 6.07) is 12.0. The number of rotatable bonds is 7. The zero-order valence-electron chi connectivity index (χ0n) is 16.1. The van der Waals surface area contributed by atoms with Gasteiger partial charge in [-0.25, -0.2) is 4.90 Å². The molecule has 1 heterocycles. The topological polar surface area (TPSA) is 59.1 Å². The van der Waals surface area contributed by atoms with Crippen molar-refractivity contribution < 1.29 is 19.1 Å². The van der Waals surface area contributed by atoms with Gasteiger partial charge in [-0.2, -0.15) is 0 Å². The van der Waals surface area contributed by atoms with E-state index in [1.165, 1.54) is 4.90 Å². The van der Waals surface area contributed by atoms with Crippen LogP contribution in [0.5, 0.6) is 11.5 Å². The normalized spacial score (nSPS) is 16.8. The summed E-state index contributed by atoms with van der Waals surface area (Å²) >= 11 is 5.90. The summed E-state index contributed by atoms with van der Waals surface area (Å²) in [5.41, 5.74) is 1.62. The van der Waals surface area contributed by atoms with Crippen molar-refractivity contribution in [2.24, 2.45) is 0 Å². The van der Waals surface area contributed by atoms with Crippen molar-refractivity contribution in [3.63, 3.8) is 0 Å². The minimum Gasteiger partial charge on any atom is -0.493 e. The van der Waals surface area contributed by atoms with Gasteiger partial charge in [0.1, 0.15) is 0 Å². The Hall–Kier alpha value is -2.57. The standard InChI is InChI=1S/C21H23ClN2O4/c1-23(11-10-14-4-9-18(27-2)19(12-14)28-3)17-13-20(25)24(21(17)26)16-7-5-15(22)6-8-16/h4-9,12,17H,10-11,13H2,1-3H3. The predicted octanol–water partition coefficient (Wildman–Crippen LogP) is 3.16. The lowest BCUT2D eigenvalue weighted by molar-refractivity contribution is -0.122. The number of amides is 2. The summed E-state index contributed by atoms with van der Waals surface area (Å²) in [7, 11) is 5.06. The molecule has 0 N–H and O–H groups in total. The molecule has 2 aromatic carbocycles. The van der Waals surface area contributed by atoms with Crippen molar-refractivity contribution in [3.05, 3.63) is 53.1 Å². The molecule has 0 aliphatic carbocycles. The van der Waals surface area contributed by atoms with Gasteiger partial charge in [0.15, 0.2) is 11.5 Å². The molecule has 0 bridgehead atoms. The third kappa shape index (κ3) is 4.13. The molecule has 0 aromatic heterocycles. The number of hydrogen-bond acceptors (Lipinski definition) is 5. The maximum Gasteiger partial charge on any atom is 0.251 e. The molecule has 1 aliphatic heterocycles. The predicted molar refractivity (Wildman–Crippen MR) is 108 cm³/mol. The second kappa shape index (κ2) is 8.63. The fourth-order valence-corrected chi connectivity index (χ4v) is 3.45. The zero-order chi connectivity index (χ0) is 20.3. The molecule has 6 nitrogen and oxygen atoms in total. The minimum atomic E-state index is -0.469. The van der Waals surface area contributed by atoms with E-state index in [4.69, 9.17) is 21.1 Å². The Balaban J connectivity index is 1.66. The fraction of sp³-hybridized carbons (Fsp3) is 0.333. The van der Waals surface area contributed by atoms with Crippen LogP contribution >= 0.6 is 11.6 Å². The Labute approximate surface area is 169 Å². The molecule has 1 saturated heterocycles. The maximum atomic E-state index is 12.8. The summed E-state index contributed by atoms with van der Waals surface area (Å²) in [5, 5.41) is 0.562. The first-order valence-electron chi connectivity index (χ1n) is 8.98. The van der Waals surface area contributed by atoms with Crippen LogP contribution in [0, 0.1) is 0 Å². The second-order valence-corrected chi connectivity index (χ2v) is 7.12. The molecule has 3 rings (SSSR count). The number of ether oxygens (including phenoxy) is 2. The smallest absolute Gasteiger partial charge is 0.251 e. The van der Waals surface area contributed by atoms with Crippen LogP contribution < -0.4 is 14.4 Å². The van der Waals surface area contributed by atoms with Gasteiger partial charge in [0.05, 0.1) is 32.4 Å². The van der Waals surface area contributed by atoms with Gasteiger partial charge in [-0.05, 0) is 55.4 Å². The van der Waals surface area contributed by atoms with E-state index in [1.807, 2.05) is 30.1 Å². The number of hydrogen-bond donors (Lipinski definition) is 0. The van der Waals surface area contributed by atoms with Crippen LogP contribution in [-0.4, -0.2) is 50.6 Å². The Bertz CT molecular complexity index is 869. The van der Waals surface area contributed by atoms with Crippen molar-refractivity contribution >= 4 is 29.1 Å². The van der Waals surface area contributed by atoms with Gasteiger partial charge in [0, 0.05) is 11.6 Å². The van der Waals surface area contributed by atoms with E-state index < -0.39 is 6.04 Å². The SMILES string of the molecule is COc1ccc(CCN(C)C2CC(=O)N(c3ccc(Cl)cc3)C2=O)cc1OC. The number of carbonyl (C=O) groups is 2. The fourth-order valence-electron chi connectivity index (χ4n) is 3.32. The van der Waals surface area contributed by atoms with Crippen molar-refractivity contribution in [1.29, 1.82) is 0 Å². The van der Waals surface area contributed by atoms with Crippen LogP contribution in [0.15, 0.2) is 42.5 Å². The van der Waals surface area contributed by atoms with Gasteiger partial charge in [-0.15, -0.1) is 0 Å². The molecule has 0 saturated carbocycles. The van der Waals surface area contributed by atoms with E-state index in [2.05, 4.69) is 0 Å². The van der Waals surface area contributed by atoms with Gasteiger partial charge in [-0.1, -0.05) is 17.7 Å². The highest BCUT2D eigenvalue weighted by atomic mass is 35.5. The highest BCUT2D eigenvalue weighted by molar-refractivity contribution is 6.30. The highest BCUT2D eigenvalue weighted by Crippen LogP contribution is 2.29. The van der Waals surface area contributed by atoms with Crippen LogP contribution in [0.4, 0.5) is 5.69 Å². The lowest BCUT2D eigenvalue weighted by Gasteiger charge is -2.23. The molecule has 1 aliphatic rings. The average Bonchev–Trinajstić information content (AvgIpc) is 3.00. The molecule has 7 heteroatoms. The first-order valence-corrected chi connectivity index (χ1v) is 9.36. The Kier molecular flexibility index (Phi) is 6.21. The number of carbonyl (C=O) groups excluding carboxylic acids is 2. The van der Waals surface area contributed by atoms with Gasteiger partial charge >= 0.3 is 0 Å². The van der Waals surface area contributed by atoms with Crippen molar-refractivity contribution in [3.8, 4) is 11.5 Å². The molecular weight excluding hydrogens is 380 g/mol. The molecule has 1 unspecified atom stereocenters. The first kappa shape index (κ1) is 20.2. The van der Waals surface area contributed by atoms with Gasteiger partial charge in [0.25, 0.3) is 5.91 Å². The van der Waals surface area contributed by atoms with Crippen LogP contribution in [-0.2, 0) is 16.0 Å². The second-order valence-electron chi connectivity index (χ2n) is 6.68. The van der Waals surface area contributed by atoms with Gasteiger partial charge < -0.3 is 9.47 Å². The van der Waals surface area contributed by atoms with Crippen molar-refractivity contribution in [2.75, 3.05) is 32.7 Å². The number of anilines is 1. The monoisotopic (exact) mass is 402 g/mol. The van der Waals surface area contributed by atoms with E-state index in [9.17, 15) is 9.59 Å². The maximum absolute atomic E-state index is 12.8. The molecular formula is C21H23ClN2O4. The largest absolute Gasteiger partial charge is 0.493 e. The summed E-state index contributed by atoms with van der Waals surface area (Å²) in [6.07, 6.45) is 0.889. The molecule has 2 amide bonds. The number of benzene rings is 2. The van der Waals surface area contributed by atoms with E-state index in [0.717, 1.165) is 12.0 Å². The Morgan fingerprint density at radius 1 is 1.07 bits per heavy atom. The molecule has 148 valence electrons. The van der Waals surface area contributed by atoms with E-state index in [-0.39, 0.29) is 18.2 Å². The van der Waals surface area contributed by atoms with E-state index in [1.54, 1.807) is 38.5 Å². The Morgan fingerprint density at radius 3 is 2.39 bits per heavy atom. The highest BCUT2D eigenvalue weighted by Gasteiger charge is 2.41. The molecule has 1 fully saturated rings. The summed E-state index contributed by atoms with van der Waals surface area (Å²) < 4.78 is 10.6. The molecule has 0 spiro atoms. The minimum absolute atomic E-state index is 0.171. The number of halogens is 1. The number of likely N-dealkylation sites (N-methyl/N-ethyl adjacent to an activating group) is 1. The summed E-state index contributed by atoms with van der Waals surface area (Å²) in [4.78, 5) is 28.4. The molecule has 1 atom stereocenters. The molecule has 28 heavy (non-hydrogen) atoms. The molecule has 2 aromatic rings. The van der Waals surface area contributed by atoms with Crippen LogP contribution in [0.3, 0.4) is 0 Å². The zero-order valence-corrected chi connectivity index (χ0v) is 16.9. The third-order valence-corrected chi connectivity index (χ3v) is 5.19. The molecule has 0 radical (unpaired) electrons. The third-order valence-electron chi connectivity index (χ3n) is 4.94. The average molecular weight is 403 g/mol. The van der Waals surface area contributed by atoms with Crippen LogP contribution in [0.25, 0.3) is 0 Å². The van der Waals surface area contributed by atoms with Crippen molar-refractivity contribution in [2.45, 2.75) is 18.9 Å². The lowest BCUT2D eigenvalue weighted by Crippen LogP contribution is -2.40. The summed E-state index contributed by atoms with van der Waals surface area (Å²) in [6.45, 7) is 0.633. The lowest BCUT2D eigenvalue weighted by atomic mass is 10.1. The van der Waals surface area contributed by atoms with Crippen LogP contribution in [0.2, 0.25) is 5.02 Å². The van der Waals surface area contributed by atoms with E-state index >= 15 is 0 Å². The van der Waals surface area contributed by atoms with E-state index in [0.29, 0.717) is 28.8 Å².